The van der Waals surface area contributed by atoms with Gasteiger partial charge in [-0.3, -0.25) is 0 Å². The van der Waals surface area contributed by atoms with Crippen molar-refractivity contribution < 1.29 is 4.74 Å². The summed E-state index contributed by atoms with van der Waals surface area (Å²) in [5, 5.41) is 3.60. The monoisotopic (exact) mass is 327 g/mol. The molecule has 0 saturated heterocycles. The van der Waals surface area contributed by atoms with E-state index in [9.17, 15) is 0 Å². The Hall–Kier alpha value is -0.380. The minimum absolute atomic E-state index is 0.0850. The van der Waals surface area contributed by atoms with Gasteiger partial charge >= 0.3 is 0 Å². The first-order valence-electron chi connectivity index (χ1n) is 7.14. The molecule has 0 spiro atoms. The molecule has 0 saturated carbocycles. The van der Waals surface area contributed by atoms with E-state index in [0.717, 1.165) is 30.3 Å². The largest absolute Gasteiger partial charge is 0.377 e. The van der Waals surface area contributed by atoms with Crippen molar-refractivity contribution in [1.29, 1.82) is 0 Å². The molecule has 1 aromatic carbocycles. The van der Waals surface area contributed by atoms with Crippen LogP contribution < -0.4 is 5.32 Å². The van der Waals surface area contributed by atoms with Crippen LogP contribution in [0.3, 0.4) is 0 Å². The molecule has 0 heterocycles. The zero-order chi connectivity index (χ0) is 14.3. The maximum absolute atomic E-state index is 5.88. The van der Waals surface area contributed by atoms with Gasteiger partial charge in [0.2, 0.25) is 0 Å². The normalized spacial score (nSPS) is 13.5. The molecule has 1 N–H and O–H groups in total. The third-order valence-electron chi connectivity index (χ3n) is 4.02. The maximum Gasteiger partial charge on any atom is 0.0828 e. The SMILES string of the molecule is CCNC(Cc1cccc(Br)c1)C(CC)(CC)OC. The minimum Gasteiger partial charge on any atom is -0.377 e. The first-order valence-corrected chi connectivity index (χ1v) is 7.94. The summed E-state index contributed by atoms with van der Waals surface area (Å²) in [5.74, 6) is 0. The van der Waals surface area contributed by atoms with Gasteiger partial charge in [-0.25, -0.2) is 0 Å². The molecule has 1 unspecified atom stereocenters. The number of hydrogen-bond donors (Lipinski definition) is 1. The summed E-state index contributed by atoms with van der Waals surface area (Å²) < 4.78 is 7.01. The first-order chi connectivity index (χ1) is 9.11. The van der Waals surface area contributed by atoms with Gasteiger partial charge in [0.05, 0.1) is 5.60 Å². The number of benzene rings is 1. The number of halogens is 1. The predicted molar refractivity (Wildman–Crippen MR) is 85.6 cm³/mol. The van der Waals surface area contributed by atoms with Crippen molar-refractivity contribution in [3.05, 3.63) is 34.3 Å². The zero-order valence-electron chi connectivity index (χ0n) is 12.5. The highest BCUT2D eigenvalue weighted by Crippen LogP contribution is 2.27. The Morgan fingerprint density at radius 1 is 1.26 bits per heavy atom. The van der Waals surface area contributed by atoms with E-state index in [1.807, 2.05) is 7.11 Å². The standard InChI is InChI=1S/C16H26BrNO/c1-5-16(6-2,19-4)15(18-7-3)12-13-9-8-10-14(17)11-13/h8-11,15,18H,5-7,12H2,1-4H3. The summed E-state index contributed by atoms with van der Waals surface area (Å²) in [5.41, 5.74) is 1.25. The fraction of sp³-hybridized carbons (Fsp3) is 0.625. The molecule has 1 rings (SSSR count). The lowest BCUT2D eigenvalue weighted by molar-refractivity contribution is -0.0468. The lowest BCUT2D eigenvalue weighted by Crippen LogP contribution is -2.52. The van der Waals surface area contributed by atoms with Crippen molar-refractivity contribution in [2.75, 3.05) is 13.7 Å². The van der Waals surface area contributed by atoms with Crippen LogP contribution in [0.2, 0.25) is 0 Å². The van der Waals surface area contributed by atoms with Gasteiger partial charge in [-0.2, -0.15) is 0 Å². The Kier molecular flexibility index (Phi) is 7.05. The number of likely N-dealkylation sites (N-methyl/N-ethyl adjacent to an activating group) is 1. The minimum atomic E-state index is -0.0850. The van der Waals surface area contributed by atoms with E-state index in [-0.39, 0.29) is 5.60 Å². The Morgan fingerprint density at radius 3 is 2.42 bits per heavy atom. The van der Waals surface area contributed by atoms with E-state index >= 15 is 0 Å². The second-order valence-electron chi connectivity index (χ2n) is 4.92. The molecule has 1 atom stereocenters. The molecule has 0 bridgehead atoms. The predicted octanol–water partition coefficient (Wildman–Crippen LogP) is 4.17. The molecule has 0 radical (unpaired) electrons. The van der Waals surface area contributed by atoms with E-state index < -0.39 is 0 Å². The van der Waals surface area contributed by atoms with Crippen LogP contribution >= 0.6 is 15.9 Å². The molecule has 0 aliphatic heterocycles. The van der Waals surface area contributed by atoms with Crippen LogP contribution in [0.1, 0.15) is 39.2 Å². The highest BCUT2D eigenvalue weighted by Gasteiger charge is 2.35. The van der Waals surface area contributed by atoms with Crippen LogP contribution in [0, 0.1) is 0 Å². The lowest BCUT2D eigenvalue weighted by Gasteiger charge is -2.39. The Labute approximate surface area is 126 Å². The highest BCUT2D eigenvalue weighted by molar-refractivity contribution is 9.10. The average molecular weight is 328 g/mol. The van der Waals surface area contributed by atoms with Gasteiger partial charge in [0, 0.05) is 17.6 Å². The summed E-state index contributed by atoms with van der Waals surface area (Å²) in [6.07, 6.45) is 3.03. The van der Waals surface area contributed by atoms with Crippen molar-refractivity contribution in [2.24, 2.45) is 0 Å². The van der Waals surface area contributed by atoms with E-state index in [1.165, 1.54) is 5.56 Å². The Morgan fingerprint density at radius 2 is 1.95 bits per heavy atom. The summed E-state index contributed by atoms with van der Waals surface area (Å²) in [6.45, 7) is 7.53. The molecule has 2 nitrogen and oxygen atoms in total. The molecule has 19 heavy (non-hydrogen) atoms. The van der Waals surface area contributed by atoms with Gasteiger partial charge in [-0.05, 0) is 43.5 Å². The number of rotatable bonds is 8. The average Bonchev–Trinajstić information content (AvgIpc) is 2.41. The van der Waals surface area contributed by atoms with Crippen LogP contribution in [0.25, 0.3) is 0 Å². The fourth-order valence-electron chi connectivity index (χ4n) is 2.76. The number of hydrogen-bond acceptors (Lipinski definition) is 2. The molecule has 3 heteroatoms. The van der Waals surface area contributed by atoms with Crippen molar-refractivity contribution in [3.63, 3.8) is 0 Å². The molecule has 0 fully saturated rings. The first kappa shape index (κ1) is 16.7. The molecule has 1 aromatic rings. The second-order valence-corrected chi connectivity index (χ2v) is 5.84. The van der Waals surface area contributed by atoms with E-state index in [2.05, 4.69) is 66.3 Å². The molecule has 0 aliphatic rings. The molecule has 0 aromatic heterocycles. The highest BCUT2D eigenvalue weighted by atomic mass is 79.9. The van der Waals surface area contributed by atoms with Crippen LogP contribution in [-0.2, 0) is 11.2 Å². The Bertz CT molecular complexity index is 369. The van der Waals surface area contributed by atoms with Crippen LogP contribution in [-0.4, -0.2) is 25.3 Å². The summed E-state index contributed by atoms with van der Waals surface area (Å²) in [7, 11) is 1.83. The fourth-order valence-corrected chi connectivity index (χ4v) is 3.21. The van der Waals surface area contributed by atoms with Crippen molar-refractivity contribution >= 4 is 15.9 Å². The van der Waals surface area contributed by atoms with Gasteiger partial charge in [0.25, 0.3) is 0 Å². The molecule has 108 valence electrons. The van der Waals surface area contributed by atoms with Crippen molar-refractivity contribution in [3.8, 4) is 0 Å². The smallest absolute Gasteiger partial charge is 0.0828 e. The molecule has 0 amide bonds. The van der Waals surface area contributed by atoms with E-state index in [1.54, 1.807) is 0 Å². The van der Waals surface area contributed by atoms with Gasteiger partial charge < -0.3 is 10.1 Å². The molecular weight excluding hydrogens is 302 g/mol. The van der Waals surface area contributed by atoms with Crippen LogP contribution in [0.4, 0.5) is 0 Å². The molecular formula is C16H26BrNO. The van der Waals surface area contributed by atoms with Gasteiger partial charge in [0.1, 0.15) is 0 Å². The number of ether oxygens (including phenoxy) is 1. The quantitative estimate of drug-likeness (QED) is 0.773. The Balaban J connectivity index is 2.93. The maximum atomic E-state index is 5.88. The number of methoxy groups -OCH3 is 1. The van der Waals surface area contributed by atoms with Crippen molar-refractivity contribution in [1.82, 2.24) is 5.32 Å². The van der Waals surface area contributed by atoms with E-state index in [0.29, 0.717) is 6.04 Å². The van der Waals surface area contributed by atoms with Crippen LogP contribution in [0.5, 0.6) is 0 Å². The van der Waals surface area contributed by atoms with Gasteiger partial charge in [-0.15, -0.1) is 0 Å². The molecule has 0 aliphatic carbocycles. The summed E-state index contributed by atoms with van der Waals surface area (Å²) in [6, 6.07) is 8.87. The van der Waals surface area contributed by atoms with E-state index in [4.69, 9.17) is 4.74 Å². The third-order valence-corrected chi connectivity index (χ3v) is 4.51. The number of nitrogens with one attached hydrogen (secondary N) is 1. The van der Waals surface area contributed by atoms with Gasteiger partial charge in [-0.1, -0.05) is 48.8 Å². The zero-order valence-corrected chi connectivity index (χ0v) is 14.1. The topological polar surface area (TPSA) is 21.3 Å². The second kappa shape index (κ2) is 8.03. The van der Waals surface area contributed by atoms with Gasteiger partial charge in [0.15, 0.2) is 0 Å². The summed E-state index contributed by atoms with van der Waals surface area (Å²) in [4.78, 5) is 0. The van der Waals surface area contributed by atoms with Crippen LogP contribution in [0.15, 0.2) is 28.7 Å². The van der Waals surface area contributed by atoms with Crippen molar-refractivity contribution in [2.45, 2.75) is 51.7 Å². The third kappa shape index (κ3) is 4.30. The summed E-state index contributed by atoms with van der Waals surface area (Å²) >= 11 is 3.54. The lowest BCUT2D eigenvalue weighted by atomic mass is 9.84.